The number of rotatable bonds is 7. The van der Waals surface area contributed by atoms with E-state index in [1.54, 1.807) is 31.5 Å². The number of nitrogens with zero attached hydrogens (tertiary/aromatic N) is 2. The van der Waals surface area contributed by atoms with Crippen molar-refractivity contribution in [3.63, 3.8) is 0 Å². The molecule has 0 bridgehead atoms. The summed E-state index contributed by atoms with van der Waals surface area (Å²) in [6.07, 6.45) is 8.49. The van der Waals surface area contributed by atoms with Crippen LogP contribution in [-0.2, 0) is 4.74 Å². The first kappa shape index (κ1) is 30.8. The second-order valence-electron chi connectivity index (χ2n) is 11.9. The van der Waals surface area contributed by atoms with E-state index in [9.17, 15) is 10.1 Å². The Morgan fingerprint density at radius 1 is 1.02 bits per heavy atom. The predicted octanol–water partition coefficient (Wildman–Crippen LogP) is 6.01. The van der Waals surface area contributed by atoms with Crippen molar-refractivity contribution in [1.82, 2.24) is 15.6 Å². The number of hydrogen-bond acceptors (Lipinski definition) is 9. The van der Waals surface area contributed by atoms with Gasteiger partial charge in [0.2, 0.25) is 0 Å². The van der Waals surface area contributed by atoms with Gasteiger partial charge < -0.3 is 29.3 Å². The number of fused-ring (bicyclic) bond motifs is 2. The summed E-state index contributed by atoms with van der Waals surface area (Å²) in [4.78, 5) is 15.6. The lowest BCUT2D eigenvalue weighted by molar-refractivity contribution is 0.0254. The number of pyridine rings is 1. The SMILES string of the molecule is CNC1CNCCC2CCC21.COc1cc(C=O)ccc1-c1cc2nccc(-c3ccc(OC4CCOCC4)c(C#N)c3)c2o1. The van der Waals surface area contributed by atoms with Crippen LogP contribution in [-0.4, -0.2) is 63.9 Å². The summed E-state index contributed by atoms with van der Waals surface area (Å²) in [5, 5.41) is 16.7. The first-order valence-electron chi connectivity index (χ1n) is 15.8. The zero-order valence-electron chi connectivity index (χ0n) is 25.9. The Kier molecular flexibility index (Phi) is 9.75. The quantitative estimate of drug-likeness (QED) is 0.243. The number of carbonyl (C=O) groups excluding carboxylic acids is 1. The fourth-order valence-electron chi connectivity index (χ4n) is 6.64. The van der Waals surface area contributed by atoms with Crippen LogP contribution in [0.15, 0.2) is 59.1 Å². The number of carbonyl (C=O) groups is 1. The van der Waals surface area contributed by atoms with Crippen LogP contribution in [0, 0.1) is 23.2 Å². The van der Waals surface area contributed by atoms with Crippen molar-refractivity contribution < 1.29 is 23.4 Å². The van der Waals surface area contributed by atoms with Crippen LogP contribution >= 0.6 is 0 Å². The van der Waals surface area contributed by atoms with Crippen LogP contribution in [0.5, 0.6) is 11.5 Å². The molecule has 3 unspecified atom stereocenters. The number of aldehydes is 1. The van der Waals surface area contributed by atoms with Crippen LogP contribution in [0.25, 0.3) is 33.6 Å². The number of methoxy groups -OCH3 is 1. The van der Waals surface area contributed by atoms with Gasteiger partial charge in [0.05, 0.1) is 31.5 Å². The standard InChI is InChI=1S/C27H22N2O5.C9H18N2/c1-31-25-12-17(16-30)2-4-22(25)26-14-23-27(34-26)21(6-9-29-23)18-3-5-24(19(13-18)15-28)33-20-7-10-32-11-8-20;1-10-9-6-11-5-4-7-2-3-8(7)9/h2-6,9,12-14,16,20H,7-8,10-11H2,1H3;7-11H,2-6H2,1H3. The summed E-state index contributed by atoms with van der Waals surface area (Å²) in [6.45, 7) is 3.75. The summed E-state index contributed by atoms with van der Waals surface area (Å²) in [5.41, 5.74) is 4.61. The maximum absolute atomic E-state index is 11.1. The molecular weight excluding hydrogens is 568 g/mol. The van der Waals surface area contributed by atoms with Crippen LogP contribution in [0.4, 0.5) is 0 Å². The average molecular weight is 609 g/mol. The number of aromatic nitrogens is 1. The first-order chi connectivity index (χ1) is 22.1. The number of ether oxygens (including phenoxy) is 3. The molecule has 0 amide bonds. The highest BCUT2D eigenvalue weighted by Crippen LogP contribution is 2.40. The second kappa shape index (κ2) is 14.2. The summed E-state index contributed by atoms with van der Waals surface area (Å²) < 4.78 is 23.2. The molecule has 2 aromatic carbocycles. The highest BCUT2D eigenvalue weighted by Gasteiger charge is 2.37. The van der Waals surface area contributed by atoms with Gasteiger partial charge in [0.25, 0.3) is 0 Å². The normalized spacial score (nSPS) is 21.3. The number of hydrogen-bond donors (Lipinski definition) is 2. The fourth-order valence-corrected chi connectivity index (χ4v) is 6.64. The molecular formula is C36H40N4O5. The zero-order valence-corrected chi connectivity index (χ0v) is 25.9. The number of likely N-dealkylation sites (N-methyl/N-ethyl adjacent to an activating group) is 1. The molecule has 4 heterocycles. The Bertz CT molecular complexity index is 1670. The summed E-state index contributed by atoms with van der Waals surface area (Å²) in [6, 6.07) is 17.4. The van der Waals surface area contributed by atoms with E-state index < -0.39 is 0 Å². The monoisotopic (exact) mass is 608 g/mol. The number of nitriles is 1. The van der Waals surface area contributed by atoms with Crippen LogP contribution in [0.1, 0.15) is 48.0 Å². The van der Waals surface area contributed by atoms with Gasteiger partial charge in [-0.3, -0.25) is 9.78 Å². The van der Waals surface area contributed by atoms with E-state index in [1.807, 2.05) is 30.3 Å². The Hall–Kier alpha value is -4.23. The van der Waals surface area contributed by atoms with Gasteiger partial charge in [-0.15, -0.1) is 0 Å². The average Bonchev–Trinajstić information content (AvgIpc) is 3.46. The summed E-state index contributed by atoms with van der Waals surface area (Å²) >= 11 is 0. The molecule has 9 nitrogen and oxygen atoms in total. The smallest absolute Gasteiger partial charge is 0.161 e. The lowest BCUT2D eigenvalue weighted by atomic mass is 9.69. The van der Waals surface area contributed by atoms with Gasteiger partial charge in [0.1, 0.15) is 41.2 Å². The largest absolute Gasteiger partial charge is 0.496 e. The van der Waals surface area contributed by atoms with Gasteiger partial charge in [-0.2, -0.15) is 5.26 Å². The van der Waals surface area contributed by atoms with E-state index in [2.05, 4.69) is 28.7 Å². The fraction of sp³-hybridized carbons (Fsp3) is 0.417. The third kappa shape index (κ3) is 6.74. The molecule has 2 aliphatic heterocycles. The Morgan fingerprint density at radius 3 is 2.62 bits per heavy atom. The van der Waals surface area contributed by atoms with E-state index in [-0.39, 0.29) is 6.10 Å². The van der Waals surface area contributed by atoms with E-state index in [0.29, 0.717) is 52.7 Å². The van der Waals surface area contributed by atoms with Gasteiger partial charge in [-0.05, 0) is 80.6 Å². The molecule has 2 aromatic heterocycles. The highest BCUT2D eigenvalue weighted by molar-refractivity contribution is 5.93. The predicted molar refractivity (Wildman–Crippen MR) is 173 cm³/mol. The zero-order chi connectivity index (χ0) is 31.2. The minimum absolute atomic E-state index is 0.0487. The third-order valence-electron chi connectivity index (χ3n) is 9.33. The van der Waals surface area contributed by atoms with Gasteiger partial charge >= 0.3 is 0 Å². The highest BCUT2D eigenvalue weighted by atomic mass is 16.5. The lowest BCUT2D eigenvalue weighted by Crippen LogP contribution is -2.45. The topological polar surface area (TPSA) is 119 Å². The molecule has 234 valence electrons. The van der Waals surface area contributed by atoms with Crippen molar-refractivity contribution in [2.75, 3.05) is 40.5 Å². The maximum Gasteiger partial charge on any atom is 0.161 e. The van der Waals surface area contributed by atoms with E-state index in [0.717, 1.165) is 53.7 Å². The Balaban J connectivity index is 0.000000272. The molecule has 9 heteroatoms. The molecule has 3 fully saturated rings. The van der Waals surface area contributed by atoms with Gasteiger partial charge in [-0.1, -0.05) is 12.1 Å². The van der Waals surface area contributed by atoms with Crippen LogP contribution < -0.4 is 20.1 Å². The molecule has 2 N–H and O–H groups in total. The molecule has 3 atom stereocenters. The number of nitrogens with one attached hydrogen (secondary N) is 2. The lowest BCUT2D eigenvalue weighted by Gasteiger charge is -2.39. The molecule has 45 heavy (non-hydrogen) atoms. The molecule has 7 rings (SSSR count). The molecule has 3 aliphatic rings. The minimum atomic E-state index is 0.0487. The third-order valence-corrected chi connectivity index (χ3v) is 9.33. The van der Waals surface area contributed by atoms with Crippen molar-refractivity contribution in [2.24, 2.45) is 11.8 Å². The molecule has 1 aliphatic carbocycles. The molecule has 0 radical (unpaired) electrons. The van der Waals surface area contributed by atoms with E-state index in [1.165, 1.54) is 32.4 Å². The minimum Gasteiger partial charge on any atom is -0.496 e. The van der Waals surface area contributed by atoms with Gasteiger partial charge in [0.15, 0.2) is 5.58 Å². The van der Waals surface area contributed by atoms with Gasteiger partial charge in [-0.25, -0.2) is 0 Å². The summed E-state index contributed by atoms with van der Waals surface area (Å²) in [5.74, 6) is 3.69. The molecule has 4 aromatic rings. The first-order valence-corrected chi connectivity index (χ1v) is 15.8. The van der Waals surface area contributed by atoms with Crippen LogP contribution in [0.2, 0.25) is 0 Å². The number of benzene rings is 2. The molecule has 0 spiro atoms. The Morgan fingerprint density at radius 2 is 1.89 bits per heavy atom. The maximum atomic E-state index is 11.1. The summed E-state index contributed by atoms with van der Waals surface area (Å²) in [7, 11) is 3.64. The second-order valence-corrected chi connectivity index (χ2v) is 11.9. The van der Waals surface area contributed by atoms with Gasteiger partial charge in [0, 0.05) is 48.8 Å². The molecule has 1 saturated carbocycles. The van der Waals surface area contributed by atoms with Crippen molar-refractivity contribution in [2.45, 2.75) is 44.2 Å². The van der Waals surface area contributed by atoms with Crippen molar-refractivity contribution in [3.05, 3.63) is 65.9 Å². The molecule has 2 saturated heterocycles. The van der Waals surface area contributed by atoms with Crippen LogP contribution in [0.3, 0.4) is 0 Å². The Labute approximate surface area is 263 Å². The van der Waals surface area contributed by atoms with Crippen molar-refractivity contribution in [3.8, 4) is 40.0 Å². The van der Waals surface area contributed by atoms with E-state index >= 15 is 0 Å². The van der Waals surface area contributed by atoms with E-state index in [4.69, 9.17) is 18.6 Å². The van der Waals surface area contributed by atoms with Crippen molar-refractivity contribution >= 4 is 17.4 Å². The van der Waals surface area contributed by atoms with Crippen molar-refractivity contribution in [1.29, 1.82) is 5.26 Å². The number of furan rings is 1.